The van der Waals surface area contributed by atoms with Crippen LogP contribution < -0.4 is 0 Å². The normalized spacial score (nSPS) is 15.9. The van der Waals surface area contributed by atoms with Gasteiger partial charge in [-0.25, -0.2) is 4.98 Å². The fraction of sp³-hybridized carbons (Fsp3) is 0.300. The van der Waals surface area contributed by atoms with Crippen LogP contribution in [0.5, 0.6) is 0 Å². The van der Waals surface area contributed by atoms with Crippen LogP contribution >= 0.6 is 11.3 Å². The summed E-state index contributed by atoms with van der Waals surface area (Å²) in [6.45, 7) is 3.99. The minimum atomic E-state index is -0.210. The maximum Gasteiger partial charge on any atom is 0.0963 e. The van der Waals surface area contributed by atoms with E-state index in [9.17, 15) is 0 Å². The summed E-state index contributed by atoms with van der Waals surface area (Å²) in [6, 6.07) is -0.422. The second-order valence-corrected chi connectivity index (χ2v) is 3.92. The number of fused-ring (bicyclic) bond motifs is 1. The summed E-state index contributed by atoms with van der Waals surface area (Å²) in [6.07, 6.45) is 0. The Balaban J connectivity index is 2.86. The zero-order valence-corrected chi connectivity index (χ0v) is 7.75. The van der Waals surface area contributed by atoms with Crippen LogP contribution in [0, 0.1) is 0 Å². The molecule has 1 nitrogen and oxygen atoms in total. The molecule has 0 aliphatic carbocycles. The third-order valence-corrected chi connectivity index (χ3v) is 2.83. The number of para-hydroxylation sites is 1. The third-order valence-electron chi connectivity index (χ3n) is 1.56. The first-order valence-electron chi connectivity index (χ1n) is 5.80. The highest BCUT2D eigenvalue weighted by Gasteiger charge is 2.05. The van der Waals surface area contributed by atoms with Crippen LogP contribution in [-0.2, 0) is 0 Å². The highest BCUT2D eigenvalue weighted by atomic mass is 32.1. The Hall–Kier alpha value is -0.890. The summed E-state index contributed by atoms with van der Waals surface area (Å²) >= 11 is 1.35. The van der Waals surface area contributed by atoms with Gasteiger partial charge in [0.1, 0.15) is 0 Å². The average Bonchev–Trinajstić information content (AvgIpc) is 2.68. The van der Waals surface area contributed by atoms with Crippen molar-refractivity contribution in [3.63, 3.8) is 0 Å². The molecule has 2 aromatic rings. The number of thiazole rings is 1. The number of aromatic nitrogens is 1. The summed E-state index contributed by atoms with van der Waals surface area (Å²) in [7, 11) is 0. The van der Waals surface area contributed by atoms with Crippen molar-refractivity contribution in [1.82, 2.24) is 4.98 Å². The predicted octanol–water partition coefficient (Wildman–Crippen LogP) is 3.42. The lowest BCUT2D eigenvalue weighted by Crippen LogP contribution is -1.82. The highest BCUT2D eigenvalue weighted by molar-refractivity contribution is 7.18. The van der Waals surface area contributed by atoms with E-state index in [4.69, 9.17) is 5.48 Å². The lowest BCUT2D eigenvalue weighted by atomic mass is 10.2. The topological polar surface area (TPSA) is 12.9 Å². The average molecular weight is 181 g/mol. The Bertz CT molecular complexity index is 517. The van der Waals surface area contributed by atoms with Crippen molar-refractivity contribution in [3.8, 4) is 0 Å². The van der Waals surface area contributed by atoms with Gasteiger partial charge in [-0.1, -0.05) is 25.9 Å². The van der Waals surface area contributed by atoms with E-state index in [2.05, 4.69) is 4.98 Å². The molecular weight excluding hydrogens is 166 g/mol. The fourth-order valence-electron chi connectivity index (χ4n) is 0.932. The van der Waals surface area contributed by atoms with Gasteiger partial charge in [0, 0.05) is 5.92 Å². The van der Waals surface area contributed by atoms with Crippen LogP contribution in [-0.4, -0.2) is 4.98 Å². The third kappa shape index (κ3) is 1.23. The minimum absolute atomic E-state index is 0.0143. The molecule has 12 heavy (non-hydrogen) atoms. The van der Waals surface area contributed by atoms with E-state index in [-0.39, 0.29) is 30.1 Å². The van der Waals surface area contributed by atoms with Gasteiger partial charge < -0.3 is 0 Å². The molecule has 1 heterocycles. The summed E-state index contributed by atoms with van der Waals surface area (Å²) < 4.78 is 31.2. The van der Waals surface area contributed by atoms with Crippen molar-refractivity contribution in [2.24, 2.45) is 0 Å². The summed E-state index contributed by atoms with van der Waals surface area (Å²) in [5.74, 6) is 0.236. The molecule has 2 rings (SSSR count). The van der Waals surface area contributed by atoms with E-state index < -0.39 is 0 Å². The second kappa shape index (κ2) is 2.87. The van der Waals surface area contributed by atoms with Crippen molar-refractivity contribution in [2.45, 2.75) is 19.8 Å². The number of benzene rings is 1. The van der Waals surface area contributed by atoms with Crippen LogP contribution in [0.2, 0.25) is 0 Å². The molecule has 0 atom stereocenters. The van der Waals surface area contributed by atoms with Gasteiger partial charge in [-0.3, -0.25) is 0 Å². The maximum absolute atomic E-state index is 7.76. The first-order valence-corrected chi connectivity index (χ1v) is 4.62. The molecule has 0 aliphatic heterocycles. The van der Waals surface area contributed by atoms with Crippen LogP contribution in [0.4, 0.5) is 0 Å². The van der Waals surface area contributed by atoms with Gasteiger partial charge in [-0.15, -0.1) is 11.3 Å². The number of hydrogen-bond acceptors (Lipinski definition) is 2. The van der Waals surface area contributed by atoms with E-state index in [0.717, 1.165) is 5.01 Å². The number of rotatable bonds is 1. The standard InChI is InChI=1S/C10H11NS/c1-7(2)10-11-8-5-3-4-6-9(8)12-10/h3-7H,1-2H3/i3D,4D,5D,6D. The first-order chi connectivity index (χ1) is 7.43. The van der Waals surface area contributed by atoms with E-state index >= 15 is 0 Å². The molecule has 1 aromatic heterocycles. The predicted molar refractivity (Wildman–Crippen MR) is 53.7 cm³/mol. The molecule has 0 saturated heterocycles. The zero-order chi connectivity index (χ0) is 12.0. The molecule has 0 amide bonds. The van der Waals surface area contributed by atoms with Gasteiger partial charge in [0.25, 0.3) is 0 Å². The molecular formula is C10H11NS. The van der Waals surface area contributed by atoms with E-state index in [1.54, 1.807) is 0 Å². The molecule has 0 radical (unpaired) electrons. The van der Waals surface area contributed by atoms with E-state index in [0.29, 0.717) is 10.2 Å². The van der Waals surface area contributed by atoms with Gasteiger partial charge in [0.15, 0.2) is 0 Å². The largest absolute Gasteiger partial charge is 0.241 e. The van der Waals surface area contributed by atoms with Crippen LogP contribution in [0.1, 0.15) is 30.3 Å². The molecule has 0 fully saturated rings. The lowest BCUT2D eigenvalue weighted by molar-refractivity contribution is 0.857. The molecule has 0 bridgehead atoms. The van der Waals surface area contributed by atoms with Crippen LogP contribution in [0.15, 0.2) is 24.2 Å². The Morgan fingerprint density at radius 1 is 1.42 bits per heavy atom. The van der Waals surface area contributed by atoms with Crippen molar-refractivity contribution in [3.05, 3.63) is 29.2 Å². The Kier molecular flexibility index (Phi) is 1.05. The highest BCUT2D eigenvalue weighted by Crippen LogP contribution is 2.26. The minimum Gasteiger partial charge on any atom is -0.241 e. The molecule has 0 aliphatic rings. The number of hydrogen-bond donors (Lipinski definition) is 0. The Morgan fingerprint density at radius 2 is 2.17 bits per heavy atom. The van der Waals surface area contributed by atoms with Crippen LogP contribution in [0.3, 0.4) is 0 Å². The molecule has 0 unspecified atom stereocenters. The quantitative estimate of drug-likeness (QED) is 0.657. The van der Waals surface area contributed by atoms with Crippen molar-refractivity contribution >= 4 is 21.6 Å². The molecule has 1 aromatic carbocycles. The lowest BCUT2D eigenvalue weighted by Gasteiger charge is -1.94. The Morgan fingerprint density at radius 3 is 2.92 bits per heavy atom. The van der Waals surface area contributed by atoms with E-state index in [1.807, 2.05) is 13.8 Å². The molecule has 2 heteroatoms. The maximum atomic E-state index is 7.76. The van der Waals surface area contributed by atoms with Gasteiger partial charge >= 0.3 is 0 Å². The zero-order valence-electron chi connectivity index (χ0n) is 10.9. The van der Waals surface area contributed by atoms with Crippen molar-refractivity contribution < 1.29 is 5.48 Å². The Labute approximate surface area is 81.7 Å². The monoisotopic (exact) mass is 181 g/mol. The molecule has 62 valence electrons. The number of nitrogens with zero attached hydrogens (tertiary/aromatic N) is 1. The smallest absolute Gasteiger partial charge is 0.0963 e. The summed E-state index contributed by atoms with van der Waals surface area (Å²) in [5.41, 5.74) is 0.389. The first kappa shape index (κ1) is 4.38. The molecule has 0 spiro atoms. The van der Waals surface area contributed by atoms with Gasteiger partial charge in [-0.2, -0.15) is 0 Å². The summed E-state index contributed by atoms with van der Waals surface area (Å²) in [5, 5.41) is 0.849. The fourth-order valence-corrected chi connectivity index (χ4v) is 1.81. The summed E-state index contributed by atoms with van der Waals surface area (Å²) in [4.78, 5) is 4.28. The van der Waals surface area contributed by atoms with Crippen molar-refractivity contribution in [1.29, 1.82) is 0 Å². The van der Waals surface area contributed by atoms with Gasteiger partial charge in [-0.05, 0) is 12.1 Å². The van der Waals surface area contributed by atoms with Crippen molar-refractivity contribution in [2.75, 3.05) is 0 Å². The SMILES string of the molecule is [2H]c1c([2H])c([2H])c2sc(C(C)C)nc2c1[2H]. The van der Waals surface area contributed by atoms with Gasteiger partial charge in [0.2, 0.25) is 0 Å². The molecule has 0 N–H and O–H groups in total. The van der Waals surface area contributed by atoms with Gasteiger partial charge in [0.05, 0.1) is 20.7 Å². The second-order valence-electron chi connectivity index (χ2n) is 2.88. The molecule has 0 saturated carbocycles. The van der Waals surface area contributed by atoms with E-state index in [1.165, 1.54) is 11.3 Å². The van der Waals surface area contributed by atoms with Crippen LogP contribution in [0.25, 0.3) is 10.2 Å².